The summed E-state index contributed by atoms with van der Waals surface area (Å²) in [7, 11) is 0. The summed E-state index contributed by atoms with van der Waals surface area (Å²) in [6.07, 6.45) is 3.27. The number of hydrogen-bond acceptors (Lipinski definition) is 4. The lowest BCUT2D eigenvalue weighted by atomic mass is 9.98. The van der Waals surface area contributed by atoms with E-state index in [1.807, 2.05) is 4.90 Å². The molecule has 1 aliphatic heterocycles. The second-order valence-corrected chi connectivity index (χ2v) is 9.46. The average molecular weight is 422 g/mol. The molecule has 0 radical (unpaired) electrons. The van der Waals surface area contributed by atoms with Crippen LogP contribution in [0.15, 0.2) is 28.2 Å². The quantitative estimate of drug-likeness (QED) is 0.523. The SMILES string of the molecule is CC(C)Cn1c(SCC(=O)N2[C@@H](C)CCC[C@@H]2C)nc2ccc(Cl)cc2c1=O. The van der Waals surface area contributed by atoms with Crippen molar-refractivity contribution in [1.82, 2.24) is 14.5 Å². The van der Waals surface area contributed by atoms with E-state index in [2.05, 4.69) is 32.7 Å². The zero-order chi connectivity index (χ0) is 20.4. The summed E-state index contributed by atoms with van der Waals surface area (Å²) in [6.45, 7) is 8.91. The Morgan fingerprint density at radius 1 is 1.29 bits per heavy atom. The number of benzene rings is 1. The molecule has 0 spiro atoms. The van der Waals surface area contributed by atoms with Gasteiger partial charge in [0, 0.05) is 23.7 Å². The molecule has 28 heavy (non-hydrogen) atoms. The molecule has 1 amide bonds. The summed E-state index contributed by atoms with van der Waals surface area (Å²) in [4.78, 5) is 32.6. The summed E-state index contributed by atoms with van der Waals surface area (Å²) in [5.74, 6) is 0.692. The molecule has 2 heterocycles. The number of fused-ring (bicyclic) bond motifs is 1. The fourth-order valence-corrected chi connectivity index (χ4v) is 4.97. The van der Waals surface area contributed by atoms with Crippen molar-refractivity contribution in [2.45, 2.75) is 70.7 Å². The van der Waals surface area contributed by atoms with Crippen LogP contribution in [0.25, 0.3) is 10.9 Å². The van der Waals surface area contributed by atoms with Crippen LogP contribution in [0.5, 0.6) is 0 Å². The second kappa shape index (κ2) is 8.87. The number of amides is 1. The van der Waals surface area contributed by atoms with E-state index in [4.69, 9.17) is 11.6 Å². The van der Waals surface area contributed by atoms with Crippen molar-refractivity contribution in [2.24, 2.45) is 5.92 Å². The van der Waals surface area contributed by atoms with Gasteiger partial charge in [-0.3, -0.25) is 14.2 Å². The van der Waals surface area contributed by atoms with Crippen LogP contribution < -0.4 is 5.56 Å². The predicted molar refractivity (Wildman–Crippen MR) is 116 cm³/mol. The first kappa shape index (κ1) is 21.2. The van der Waals surface area contributed by atoms with E-state index in [1.165, 1.54) is 18.2 Å². The Labute approximate surface area is 175 Å². The standard InChI is InChI=1S/C21H28ClN3O2S/c1-13(2)11-24-20(27)17-10-16(22)8-9-18(17)23-21(24)28-12-19(26)25-14(3)6-5-7-15(25)4/h8-10,13-15H,5-7,11-12H2,1-4H3/t14-,15-/m0/s1. The van der Waals surface area contributed by atoms with Gasteiger partial charge in [-0.05, 0) is 57.2 Å². The highest BCUT2D eigenvalue weighted by Crippen LogP contribution is 2.26. The summed E-state index contributed by atoms with van der Waals surface area (Å²) >= 11 is 7.43. The van der Waals surface area contributed by atoms with Crippen LogP contribution in [0, 0.1) is 5.92 Å². The van der Waals surface area contributed by atoms with E-state index in [-0.39, 0.29) is 35.2 Å². The minimum absolute atomic E-state index is 0.101. The van der Waals surface area contributed by atoms with E-state index >= 15 is 0 Å². The summed E-state index contributed by atoms with van der Waals surface area (Å²) in [5.41, 5.74) is 0.514. The first-order valence-electron chi connectivity index (χ1n) is 9.92. The molecule has 1 saturated heterocycles. The van der Waals surface area contributed by atoms with Gasteiger partial charge in [0.05, 0.1) is 16.7 Å². The number of carbonyl (C=O) groups is 1. The summed E-state index contributed by atoms with van der Waals surface area (Å²) in [5, 5.41) is 1.63. The minimum atomic E-state index is -0.101. The van der Waals surface area contributed by atoms with Gasteiger partial charge in [0.15, 0.2) is 5.16 Å². The lowest BCUT2D eigenvalue weighted by molar-refractivity contribution is -0.134. The number of hydrogen-bond donors (Lipinski definition) is 0. The molecule has 0 saturated carbocycles. The number of likely N-dealkylation sites (tertiary alicyclic amines) is 1. The van der Waals surface area contributed by atoms with E-state index in [0.717, 1.165) is 12.8 Å². The smallest absolute Gasteiger partial charge is 0.262 e. The molecule has 3 rings (SSSR count). The zero-order valence-corrected chi connectivity index (χ0v) is 18.5. The van der Waals surface area contributed by atoms with Gasteiger partial charge < -0.3 is 4.90 Å². The van der Waals surface area contributed by atoms with Gasteiger partial charge in [0.1, 0.15) is 0 Å². The van der Waals surface area contributed by atoms with Crippen LogP contribution in [0.3, 0.4) is 0 Å². The first-order valence-corrected chi connectivity index (χ1v) is 11.3. The first-order chi connectivity index (χ1) is 13.3. The number of halogens is 1. The third-order valence-corrected chi connectivity index (χ3v) is 6.43. The number of piperidine rings is 1. The number of nitrogens with zero attached hydrogens (tertiary/aromatic N) is 3. The molecule has 0 aliphatic carbocycles. The van der Waals surface area contributed by atoms with Crippen LogP contribution >= 0.6 is 23.4 Å². The Bertz CT molecular complexity index is 918. The molecule has 0 unspecified atom stereocenters. The molecule has 2 atom stereocenters. The van der Waals surface area contributed by atoms with E-state index < -0.39 is 0 Å². The molecule has 0 N–H and O–H groups in total. The lowest BCUT2D eigenvalue weighted by Crippen LogP contribution is -2.48. The van der Waals surface area contributed by atoms with Crippen LogP contribution in [0.4, 0.5) is 0 Å². The lowest BCUT2D eigenvalue weighted by Gasteiger charge is -2.39. The maximum atomic E-state index is 13.0. The fourth-order valence-electron chi connectivity index (χ4n) is 3.92. The van der Waals surface area contributed by atoms with Crippen LogP contribution in [0.2, 0.25) is 5.02 Å². The predicted octanol–water partition coefficient (Wildman–Crippen LogP) is 4.59. The Hall–Kier alpha value is -1.53. The van der Waals surface area contributed by atoms with Gasteiger partial charge in [-0.15, -0.1) is 0 Å². The Morgan fingerprint density at radius 3 is 2.61 bits per heavy atom. The van der Waals surface area contributed by atoms with Crippen molar-refractivity contribution in [1.29, 1.82) is 0 Å². The molecule has 1 aliphatic rings. The molecule has 1 fully saturated rings. The summed E-state index contributed by atoms with van der Waals surface area (Å²) in [6, 6.07) is 5.70. The third-order valence-electron chi connectivity index (χ3n) is 5.24. The van der Waals surface area contributed by atoms with Gasteiger partial charge >= 0.3 is 0 Å². The fraction of sp³-hybridized carbons (Fsp3) is 0.571. The monoisotopic (exact) mass is 421 g/mol. The number of thioether (sulfide) groups is 1. The molecule has 2 aromatic rings. The van der Waals surface area contributed by atoms with Gasteiger partial charge in [0.25, 0.3) is 5.56 Å². The summed E-state index contributed by atoms with van der Waals surface area (Å²) < 4.78 is 1.68. The number of aromatic nitrogens is 2. The molecule has 5 nitrogen and oxygen atoms in total. The second-order valence-electron chi connectivity index (χ2n) is 8.08. The maximum Gasteiger partial charge on any atom is 0.262 e. The Kier molecular flexibility index (Phi) is 6.71. The molecule has 1 aromatic carbocycles. The Balaban J connectivity index is 1.90. The van der Waals surface area contributed by atoms with Crippen molar-refractivity contribution < 1.29 is 4.79 Å². The van der Waals surface area contributed by atoms with E-state index in [1.54, 1.807) is 22.8 Å². The van der Waals surface area contributed by atoms with Gasteiger partial charge in [-0.25, -0.2) is 4.98 Å². The number of rotatable bonds is 5. The molecular weight excluding hydrogens is 394 g/mol. The largest absolute Gasteiger partial charge is 0.337 e. The van der Waals surface area contributed by atoms with Gasteiger partial charge in [-0.2, -0.15) is 0 Å². The topological polar surface area (TPSA) is 55.2 Å². The van der Waals surface area contributed by atoms with Crippen molar-refractivity contribution in [3.63, 3.8) is 0 Å². The minimum Gasteiger partial charge on any atom is -0.337 e. The maximum absolute atomic E-state index is 13.0. The van der Waals surface area contributed by atoms with Crippen molar-refractivity contribution >= 4 is 40.2 Å². The van der Waals surface area contributed by atoms with Crippen molar-refractivity contribution in [3.8, 4) is 0 Å². The van der Waals surface area contributed by atoms with Gasteiger partial charge in [-0.1, -0.05) is 37.2 Å². The molecule has 1 aromatic heterocycles. The molecule has 152 valence electrons. The molecular formula is C21H28ClN3O2S. The average Bonchev–Trinajstić information content (AvgIpc) is 2.63. The van der Waals surface area contributed by atoms with Crippen LogP contribution in [0.1, 0.15) is 47.0 Å². The van der Waals surface area contributed by atoms with Crippen molar-refractivity contribution in [3.05, 3.63) is 33.6 Å². The highest BCUT2D eigenvalue weighted by Gasteiger charge is 2.29. The van der Waals surface area contributed by atoms with Crippen LogP contribution in [-0.4, -0.2) is 38.2 Å². The van der Waals surface area contributed by atoms with Crippen molar-refractivity contribution in [2.75, 3.05) is 5.75 Å². The number of carbonyl (C=O) groups excluding carboxylic acids is 1. The third kappa shape index (κ3) is 4.54. The Morgan fingerprint density at radius 2 is 1.96 bits per heavy atom. The van der Waals surface area contributed by atoms with E-state index in [9.17, 15) is 9.59 Å². The van der Waals surface area contributed by atoms with Gasteiger partial charge in [0.2, 0.25) is 5.91 Å². The molecule has 7 heteroatoms. The van der Waals surface area contributed by atoms with Crippen LogP contribution in [-0.2, 0) is 11.3 Å². The highest BCUT2D eigenvalue weighted by molar-refractivity contribution is 7.99. The molecule has 0 bridgehead atoms. The normalized spacial score (nSPS) is 20.1. The highest BCUT2D eigenvalue weighted by atomic mass is 35.5. The van der Waals surface area contributed by atoms with E-state index in [0.29, 0.717) is 27.6 Å². The zero-order valence-electron chi connectivity index (χ0n) is 16.9.